The van der Waals surface area contributed by atoms with E-state index in [4.69, 9.17) is 0 Å². The molecule has 20 heavy (non-hydrogen) atoms. The van der Waals surface area contributed by atoms with Gasteiger partial charge in [-0.25, -0.2) is 4.98 Å². The molecular formula is C16H14N4. The van der Waals surface area contributed by atoms with Crippen molar-refractivity contribution in [3.63, 3.8) is 0 Å². The van der Waals surface area contributed by atoms with Gasteiger partial charge in [0, 0.05) is 17.7 Å². The summed E-state index contributed by atoms with van der Waals surface area (Å²) < 4.78 is 0. The molecule has 0 fully saturated rings. The molecule has 2 heterocycles. The summed E-state index contributed by atoms with van der Waals surface area (Å²) in [6.45, 7) is 1.79. The molecule has 0 spiro atoms. The molecule has 0 radical (unpaired) electrons. The monoisotopic (exact) mass is 262 g/mol. The van der Waals surface area contributed by atoms with Crippen LogP contribution in [0.25, 0.3) is 22.4 Å². The van der Waals surface area contributed by atoms with Gasteiger partial charge in [-0.3, -0.25) is 4.99 Å². The number of H-pyrrole nitrogens is 1. The maximum absolute atomic E-state index is 4.61. The van der Waals surface area contributed by atoms with Crippen LogP contribution >= 0.6 is 0 Å². The molecule has 4 heteroatoms. The van der Waals surface area contributed by atoms with E-state index in [-0.39, 0.29) is 0 Å². The SMILES string of the molecule is c1ccc2[nH]c(-c3ccc(C4=NCCN4)cc3)nc2c1. The normalized spacial score (nSPS) is 14.3. The second-order valence-electron chi connectivity index (χ2n) is 4.84. The van der Waals surface area contributed by atoms with Gasteiger partial charge in [-0.15, -0.1) is 0 Å². The minimum atomic E-state index is 0.862. The van der Waals surface area contributed by atoms with Crippen molar-refractivity contribution in [2.24, 2.45) is 4.99 Å². The van der Waals surface area contributed by atoms with Crippen molar-refractivity contribution >= 4 is 16.9 Å². The lowest BCUT2D eigenvalue weighted by molar-refractivity contribution is 0.960. The molecule has 0 bridgehead atoms. The lowest BCUT2D eigenvalue weighted by Gasteiger charge is -2.03. The Morgan fingerprint density at radius 1 is 0.900 bits per heavy atom. The highest BCUT2D eigenvalue weighted by atomic mass is 15.1. The number of hydrogen-bond donors (Lipinski definition) is 2. The topological polar surface area (TPSA) is 53.1 Å². The van der Waals surface area contributed by atoms with Gasteiger partial charge in [-0.2, -0.15) is 0 Å². The van der Waals surface area contributed by atoms with Crippen LogP contribution in [0.5, 0.6) is 0 Å². The molecule has 4 rings (SSSR count). The summed E-state index contributed by atoms with van der Waals surface area (Å²) in [6, 6.07) is 16.4. The number of imidazole rings is 1. The predicted molar refractivity (Wildman–Crippen MR) is 80.9 cm³/mol. The average molecular weight is 262 g/mol. The third-order valence-electron chi connectivity index (χ3n) is 3.50. The summed E-state index contributed by atoms with van der Waals surface area (Å²) in [5, 5.41) is 3.28. The molecular weight excluding hydrogens is 248 g/mol. The minimum absolute atomic E-state index is 0.862. The quantitative estimate of drug-likeness (QED) is 0.745. The summed E-state index contributed by atoms with van der Waals surface area (Å²) in [5.41, 5.74) is 4.27. The molecule has 1 aliphatic rings. The third kappa shape index (κ3) is 1.86. The lowest BCUT2D eigenvalue weighted by Crippen LogP contribution is -2.19. The zero-order valence-corrected chi connectivity index (χ0v) is 10.9. The number of rotatable bonds is 2. The summed E-state index contributed by atoms with van der Waals surface area (Å²) in [5.74, 6) is 1.89. The van der Waals surface area contributed by atoms with Gasteiger partial charge in [-0.05, 0) is 12.1 Å². The first-order valence-electron chi connectivity index (χ1n) is 6.74. The van der Waals surface area contributed by atoms with Crippen molar-refractivity contribution in [1.82, 2.24) is 15.3 Å². The zero-order chi connectivity index (χ0) is 13.4. The maximum atomic E-state index is 4.61. The van der Waals surface area contributed by atoms with E-state index in [1.54, 1.807) is 0 Å². The molecule has 0 saturated heterocycles. The standard InChI is InChI=1S/C16H14N4/c1-2-4-14-13(3-1)19-16(20-14)12-7-5-11(6-8-12)15-17-9-10-18-15/h1-8H,9-10H2,(H,17,18)(H,19,20). The number of benzene rings is 2. The molecule has 1 aromatic heterocycles. The van der Waals surface area contributed by atoms with E-state index in [2.05, 4.69) is 44.5 Å². The van der Waals surface area contributed by atoms with Crippen molar-refractivity contribution < 1.29 is 0 Å². The van der Waals surface area contributed by atoms with Crippen molar-refractivity contribution in [2.75, 3.05) is 13.1 Å². The lowest BCUT2D eigenvalue weighted by atomic mass is 10.1. The second-order valence-corrected chi connectivity index (χ2v) is 4.84. The fourth-order valence-corrected chi connectivity index (χ4v) is 2.47. The molecule has 0 atom stereocenters. The van der Waals surface area contributed by atoms with Gasteiger partial charge in [0.2, 0.25) is 0 Å². The van der Waals surface area contributed by atoms with Gasteiger partial charge in [0.25, 0.3) is 0 Å². The zero-order valence-electron chi connectivity index (χ0n) is 10.9. The number of hydrogen-bond acceptors (Lipinski definition) is 3. The number of aromatic amines is 1. The number of nitrogens with one attached hydrogen (secondary N) is 2. The highest BCUT2D eigenvalue weighted by molar-refractivity contribution is 6.00. The van der Waals surface area contributed by atoms with Crippen LogP contribution in [0.2, 0.25) is 0 Å². The van der Waals surface area contributed by atoms with Crippen molar-refractivity contribution in [2.45, 2.75) is 0 Å². The van der Waals surface area contributed by atoms with Gasteiger partial charge in [0.1, 0.15) is 11.7 Å². The maximum Gasteiger partial charge on any atom is 0.138 e. The minimum Gasteiger partial charge on any atom is -0.368 e. The van der Waals surface area contributed by atoms with Gasteiger partial charge in [0.15, 0.2) is 0 Å². The first-order valence-corrected chi connectivity index (χ1v) is 6.74. The fraction of sp³-hybridized carbons (Fsp3) is 0.125. The smallest absolute Gasteiger partial charge is 0.138 e. The first-order chi connectivity index (χ1) is 9.90. The molecule has 4 nitrogen and oxygen atoms in total. The Morgan fingerprint density at radius 2 is 1.70 bits per heavy atom. The highest BCUT2D eigenvalue weighted by Crippen LogP contribution is 2.20. The van der Waals surface area contributed by atoms with Crippen molar-refractivity contribution in [3.05, 3.63) is 54.1 Å². The molecule has 0 aliphatic carbocycles. The molecule has 0 saturated carbocycles. The van der Waals surface area contributed by atoms with E-state index in [0.29, 0.717) is 0 Å². The Balaban J connectivity index is 1.71. The molecule has 2 N–H and O–H groups in total. The van der Waals surface area contributed by atoms with Crippen molar-refractivity contribution in [3.8, 4) is 11.4 Å². The number of aliphatic imine (C=N–C) groups is 1. The fourth-order valence-electron chi connectivity index (χ4n) is 2.47. The van der Waals surface area contributed by atoms with Crippen molar-refractivity contribution in [1.29, 1.82) is 0 Å². The Labute approximate surface area is 116 Å². The molecule has 1 aliphatic heterocycles. The van der Waals surface area contributed by atoms with Gasteiger partial charge >= 0.3 is 0 Å². The largest absolute Gasteiger partial charge is 0.368 e. The van der Waals surface area contributed by atoms with E-state index < -0.39 is 0 Å². The Kier molecular flexibility index (Phi) is 2.52. The number of fused-ring (bicyclic) bond motifs is 1. The molecule has 3 aromatic rings. The number of para-hydroxylation sites is 2. The average Bonchev–Trinajstić information content (AvgIpc) is 3.17. The van der Waals surface area contributed by atoms with E-state index in [0.717, 1.165) is 46.9 Å². The predicted octanol–water partition coefficient (Wildman–Crippen LogP) is 2.58. The number of amidine groups is 1. The van der Waals surface area contributed by atoms with Crippen LogP contribution in [0.1, 0.15) is 5.56 Å². The Hall–Kier alpha value is -2.62. The van der Waals surface area contributed by atoms with Crippen LogP contribution < -0.4 is 5.32 Å². The summed E-state index contributed by atoms with van der Waals surface area (Å²) >= 11 is 0. The number of nitrogens with zero attached hydrogens (tertiary/aromatic N) is 2. The Bertz CT molecular complexity index is 751. The van der Waals surface area contributed by atoms with Crippen LogP contribution in [0.3, 0.4) is 0 Å². The van der Waals surface area contributed by atoms with E-state index >= 15 is 0 Å². The van der Waals surface area contributed by atoms with Crippen LogP contribution in [0.4, 0.5) is 0 Å². The molecule has 2 aromatic carbocycles. The van der Waals surface area contributed by atoms with Crippen LogP contribution in [0, 0.1) is 0 Å². The van der Waals surface area contributed by atoms with Gasteiger partial charge < -0.3 is 10.3 Å². The summed E-state index contributed by atoms with van der Waals surface area (Å²) in [4.78, 5) is 12.4. The van der Waals surface area contributed by atoms with Crippen LogP contribution in [-0.4, -0.2) is 28.9 Å². The van der Waals surface area contributed by atoms with Crippen LogP contribution in [0.15, 0.2) is 53.5 Å². The highest BCUT2D eigenvalue weighted by Gasteiger charge is 2.09. The second kappa shape index (κ2) is 4.49. The van der Waals surface area contributed by atoms with Gasteiger partial charge in [-0.1, -0.05) is 36.4 Å². The Morgan fingerprint density at radius 3 is 2.45 bits per heavy atom. The van der Waals surface area contributed by atoms with E-state index in [1.165, 1.54) is 0 Å². The van der Waals surface area contributed by atoms with E-state index in [9.17, 15) is 0 Å². The third-order valence-corrected chi connectivity index (χ3v) is 3.50. The van der Waals surface area contributed by atoms with Crippen LogP contribution in [-0.2, 0) is 0 Å². The number of aromatic nitrogens is 2. The summed E-state index contributed by atoms with van der Waals surface area (Å²) in [6.07, 6.45) is 0. The van der Waals surface area contributed by atoms with Gasteiger partial charge in [0.05, 0.1) is 17.6 Å². The molecule has 98 valence electrons. The first kappa shape index (κ1) is 11.2. The molecule has 0 unspecified atom stereocenters. The molecule has 0 amide bonds. The van der Waals surface area contributed by atoms with E-state index in [1.807, 2.05) is 24.3 Å². The summed E-state index contributed by atoms with van der Waals surface area (Å²) in [7, 11) is 0.